The van der Waals surface area contributed by atoms with Crippen LogP contribution in [0.1, 0.15) is 12.0 Å². The molecule has 5 heteroatoms. The summed E-state index contributed by atoms with van der Waals surface area (Å²) in [5.41, 5.74) is 1.14. The smallest absolute Gasteiger partial charge is 0.195 e. The molecule has 0 radical (unpaired) electrons. The molecule has 5 nitrogen and oxygen atoms in total. The highest BCUT2D eigenvalue weighted by atomic mass is 16.5. The third-order valence-electron chi connectivity index (χ3n) is 3.63. The molecule has 0 N–H and O–H groups in total. The minimum atomic E-state index is 0.637. The van der Waals surface area contributed by atoms with E-state index < -0.39 is 0 Å². The van der Waals surface area contributed by atoms with Crippen molar-refractivity contribution < 1.29 is 9.15 Å². The van der Waals surface area contributed by atoms with Crippen molar-refractivity contribution in [3.63, 3.8) is 0 Å². The van der Waals surface area contributed by atoms with E-state index in [4.69, 9.17) is 9.15 Å². The molecule has 0 bridgehead atoms. The van der Waals surface area contributed by atoms with E-state index in [0.717, 1.165) is 31.8 Å². The van der Waals surface area contributed by atoms with Gasteiger partial charge in [0.25, 0.3) is 0 Å². The van der Waals surface area contributed by atoms with Crippen LogP contribution < -0.4 is 0 Å². The highest BCUT2D eigenvalue weighted by molar-refractivity contribution is 5.45. The molecule has 0 unspecified atom stereocenters. The van der Waals surface area contributed by atoms with Crippen LogP contribution in [0.3, 0.4) is 0 Å². The Morgan fingerprint density at radius 2 is 2.25 bits per heavy atom. The number of rotatable bonds is 5. The van der Waals surface area contributed by atoms with E-state index in [2.05, 4.69) is 14.9 Å². The molecule has 0 spiro atoms. The first-order valence-corrected chi connectivity index (χ1v) is 6.91. The molecule has 2 aromatic rings. The summed E-state index contributed by atoms with van der Waals surface area (Å²) in [6.45, 7) is 3.96. The summed E-state index contributed by atoms with van der Waals surface area (Å²) < 4.78 is 10.5. The third kappa shape index (κ3) is 3.05. The van der Waals surface area contributed by atoms with E-state index in [1.165, 1.54) is 6.42 Å². The van der Waals surface area contributed by atoms with Gasteiger partial charge >= 0.3 is 0 Å². The highest BCUT2D eigenvalue weighted by Gasteiger charge is 2.22. The molecule has 3 rings (SSSR count). The van der Waals surface area contributed by atoms with Crippen LogP contribution in [0.15, 0.2) is 35.2 Å². The molecule has 106 valence electrons. The standard InChI is InChI=1S/C15H19N3O2/c1-19-11-12-4-5-18(9-12)10-13-7-16-15(17-8-13)14-3-2-6-20-14/h2-3,6-8,12H,4-5,9-11H2,1H3/t12-/m1/s1. The average Bonchev–Trinajstić information content (AvgIpc) is 3.12. The van der Waals surface area contributed by atoms with Crippen molar-refractivity contribution in [3.8, 4) is 11.6 Å². The second-order valence-corrected chi connectivity index (χ2v) is 5.24. The predicted octanol–water partition coefficient (Wildman–Crippen LogP) is 2.20. The molecular weight excluding hydrogens is 254 g/mol. The van der Waals surface area contributed by atoms with E-state index in [-0.39, 0.29) is 0 Å². The van der Waals surface area contributed by atoms with E-state index in [1.807, 2.05) is 24.5 Å². The predicted molar refractivity (Wildman–Crippen MR) is 75.0 cm³/mol. The van der Waals surface area contributed by atoms with Crippen molar-refractivity contribution in [2.24, 2.45) is 5.92 Å². The van der Waals surface area contributed by atoms with Gasteiger partial charge in [0.15, 0.2) is 11.6 Å². The number of hydrogen-bond donors (Lipinski definition) is 0. The molecular formula is C15H19N3O2. The Bertz CT molecular complexity index is 525. The van der Waals surface area contributed by atoms with Gasteiger partial charge in [-0.15, -0.1) is 0 Å². The van der Waals surface area contributed by atoms with Gasteiger partial charge in [0.2, 0.25) is 0 Å². The van der Waals surface area contributed by atoms with Gasteiger partial charge < -0.3 is 9.15 Å². The maximum atomic E-state index is 5.28. The van der Waals surface area contributed by atoms with Crippen molar-refractivity contribution in [3.05, 3.63) is 36.4 Å². The Morgan fingerprint density at radius 3 is 2.95 bits per heavy atom. The molecule has 1 atom stereocenters. The van der Waals surface area contributed by atoms with Gasteiger partial charge in [0.1, 0.15) is 0 Å². The van der Waals surface area contributed by atoms with E-state index in [9.17, 15) is 0 Å². The Balaban J connectivity index is 1.59. The van der Waals surface area contributed by atoms with Crippen LogP contribution in [0.2, 0.25) is 0 Å². The van der Waals surface area contributed by atoms with Gasteiger partial charge in [-0.3, -0.25) is 4.90 Å². The van der Waals surface area contributed by atoms with Crippen molar-refractivity contribution in [2.75, 3.05) is 26.8 Å². The molecule has 0 amide bonds. The molecule has 0 saturated carbocycles. The lowest BCUT2D eigenvalue weighted by molar-refractivity contribution is 0.152. The number of aromatic nitrogens is 2. The maximum Gasteiger partial charge on any atom is 0.195 e. The van der Waals surface area contributed by atoms with Crippen LogP contribution in [0.5, 0.6) is 0 Å². The Kier molecular flexibility index (Phi) is 4.08. The quantitative estimate of drug-likeness (QED) is 0.836. The first-order valence-electron chi connectivity index (χ1n) is 6.91. The van der Waals surface area contributed by atoms with Crippen LogP contribution in [-0.4, -0.2) is 41.7 Å². The van der Waals surface area contributed by atoms with Crippen LogP contribution in [0.25, 0.3) is 11.6 Å². The van der Waals surface area contributed by atoms with Crippen molar-refractivity contribution in [1.29, 1.82) is 0 Å². The summed E-state index contributed by atoms with van der Waals surface area (Å²) in [5, 5.41) is 0. The Labute approximate surface area is 118 Å². The molecule has 3 heterocycles. The summed E-state index contributed by atoms with van der Waals surface area (Å²) in [4.78, 5) is 11.2. The zero-order valence-corrected chi connectivity index (χ0v) is 11.7. The van der Waals surface area contributed by atoms with Gasteiger partial charge in [-0.1, -0.05) is 0 Å². The highest BCUT2D eigenvalue weighted by Crippen LogP contribution is 2.19. The first kappa shape index (κ1) is 13.3. The molecule has 0 aromatic carbocycles. The van der Waals surface area contributed by atoms with E-state index >= 15 is 0 Å². The minimum Gasteiger partial charge on any atom is -0.461 e. The maximum absolute atomic E-state index is 5.28. The number of likely N-dealkylation sites (tertiary alicyclic amines) is 1. The van der Waals surface area contributed by atoms with Crippen LogP contribution in [0.4, 0.5) is 0 Å². The summed E-state index contributed by atoms with van der Waals surface area (Å²) in [6, 6.07) is 3.71. The zero-order chi connectivity index (χ0) is 13.8. The normalized spacial score (nSPS) is 19.6. The number of ether oxygens (including phenoxy) is 1. The lowest BCUT2D eigenvalue weighted by Crippen LogP contribution is -2.21. The lowest BCUT2D eigenvalue weighted by atomic mass is 10.1. The number of furan rings is 1. The minimum absolute atomic E-state index is 0.637. The summed E-state index contributed by atoms with van der Waals surface area (Å²) in [5.74, 6) is 2.00. The van der Waals surface area contributed by atoms with Gasteiger partial charge in [-0.05, 0) is 31.0 Å². The molecule has 1 saturated heterocycles. The molecule has 1 aliphatic rings. The first-order chi connectivity index (χ1) is 9.85. The molecule has 2 aromatic heterocycles. The Hall–Kier alpha value is -1.72. The summed E-state index contributed by atoms with van der Waals surface area (Å²) in [7, 11) is 1.77. The van der Waals surface area contributed by atoms with Gasteiger partial charge in [0.05, 0.1) is 12.9 Å². The Morgan fingerprint density at radius 1 is 1.40 bits per heavy atom. The number of methoxy groups -OCH3 is 1. The molecule has 1 aliphatic heterocycles. The van der Waals surface area contributed by atoms with Crippen molar-refractivity contribution in [2.45, 2.75) is 13.0 Å². The van der Waals surface area contributed by atoms with Crippen molar-refractivity contribution >= 4 is 0 Å². The van der Waals surface area contributed by atoms with E-state index in [1.54, 1.807) is 13.4 Å². The average molecular weight is 273 g/mol. The SMILES string of the molecule is COC[C@@H]1CCN(Cc2cnc(-c3ccco3)nc2)C1. The fourth-order valence-electron chi connectivity index (χ4n) is 2.66. The topological polar surface area (TPSA) is 51.4 Å². The van der Waals surface area contributed by atoms with Gasteiger partial charge in [0, 0.05) is 38.2 Å². The number of nitrogens with zero attached hydrogens (tertiary/aromatic N) is 3. The zero-order valence-electron chi connectivity index (χ0n) is 11.7. The van der Waals surface area contributed by atoms with Crippen LogP contribution in [-0.2, 0) is 11.3 Å². The molecule has 0 aliphatic carbocycles. The third-order valence-corrected chi connectivity index (χ3v) is 3.63. The van der Waals surface area contributed by atoms with Gasteiger partial charge in [-0.2, -0.15) is 0 Å². The summed E-state index contributed by atoms with van der Waals surface area (Å²) >= 11 is 0. The lowest BCUT2D eigenvalue weighted by Gasteiger charge is -2.15. The molecule has 1 fully saturated rings. The fraction of sp³-hybridized carbons (Fsp3) is 0.467. The largest absolute Gasteiger partial charge is 0.461 e. The van der Waals surface area contributed by atoms with E-state index in [0.29, 0.717) is 17.5 Å². The monoisotopic (exact) mass is 273 g/mol. The summed E-state index contributed by atoms with van der Waals surface area (Å²) in [6.07, 6.45) is 6.61. The van der Waals surface area contributed by atoms with Gasteiger partial charge in [-0.25, -0.2) is 9.97 Å². The molecule has 20 heavy (non-hydrogen) atoms. The number of hydrogen-bond acceptors (Lipinski definition) is 5. The second kappa shape index (κ2) is 6.15. The second-order valence-electron chi connectivity index (χ2n) is 5.24. The van der Waals surface area contributed by atoms with Crippen LogP contribution >= 0.6 is 0 Å². The van der Waals surface area contributed by atoms with Crippen LogP contribution in [0, 0.1) is 5.92 Å². The van der Waals surface area contributed by atoms with Crippen molar-refractivity contribution in [1.82, 2.24) is 14.9 Å². The fourth-order valence-corrected chi connectivity index (χ4v) is 2.66.